The summed E-state index contributed by atoms with van der Waals surface area (Å²) in [7, 11) is -9.75. The fourth-order valence-electron chi connectivity index (χ4n) is 5.49. The van der Waals surface area contributed by atoms with Crippen molar-refractivity contribution in [3.63, 3.8) is 0 Å². The monoisotopic (exact) mass is 932 g/mol. The minimum absolute atomic E-state index is 0.00408. The molecule has 0 aliphatic heterocycles. The Balaban J connectivity index is 4.75. The Morgan fingerprint density at radius 1 is 0.556 bits per heavy atom. The predicted molar refractivity (Wildman–Crippen MR) is 246 cm³/mol. The second-order valence-corrected chi connectivity index (χ2v) is 17.7. The first-order valence-electron chi connectivity index (χ1n) is 22.5. The molecule has 0 rings (SSSR count). The highest BCUT2D eigenvalue weighted by atomic mass is 31.2. The average Bonchev–Trinajstić information content (AvgIpc) is 3.23. The lowest BCUT2D eigenvalue weighted by Crippen LogP contribution is -2.30. The van der Waals surface area contributed by atoms with Crippen LogP contribution in [0.2, 0.25) is 0 Å². The van der Waals surface area contributed by atoms with Crippen LogP contribution in [0.5, 0.6) is 0 Å². The number of aliphatic hydroxyl groups excluding tert-OH is 3. The second kappa shape index (κ2) is 40.7. The number of unbranched alkanes of at least 4 members (excludes halogenated alkanes) is 12. The molecular weight excluding hydrogens is 854 g/mol. The number of carbonyl (C=O) groups excluding carboxylic acids is 2. The maximum atomic E-state index is 12.7. The van der Waals surface area contributed by atoms with Crippen LogP contribution in [0.25, 0.3) is 0 Å². The zero-order valence-electron chi connectivity index (χ0n) is 37.6. The topological polar surface area (TPSA) is 236 Å². The average molecular weight is 933 g/mol. The van der Waals surface area contributed by atoms with Crippen molar-refractivity contribution in [1.29, 1.82) is 0 Å². The molecule has 0 fully saturated rings. The van der Waals surface area contributed by atoms with Gasteiger partial charge in [-0.25, -0.2) is 9.13 Å². The standard InChI is InChI=1S/C46H78O15P2/c1-3-5-7-8-9-10-11-12-13-14-15-16-20-23-29-36-46(51)61-44(40-60-63(55,56)59-38-43(49)37-58-62(52,53)54)39-57-45(50)35-30-24-28-34-42(48)33-27-22-19-17-18-21-26-32-41(47)31-25-6-4-2/h6,10-11,18-19,21-22,25-28,32-34,41-44,47-49H,3-5,7-9,12-17,20,23-24,29-31,35-40H2,1-2H3,(H,55,56)(H2,52,53,54)/b11-10-,21-18-,22-19-,25-6-,32-26+,33-27+,34-28-/t41-,42-,43+,44-/m1/s1. The molecule has 0 aromatic carbocycles. The fraction of sp³-hybridized carbons (Fsp3) is 0.652. The summed E-state index contributed by atoms with van der Waals surface area (Å²) in [6, 6.07) is 0. The van der Waals surface area contributed by atoms with Crippen LogP contribution in [-0.4, -0.2) is 92.8 Å². The van der Waals surface area contributed by atoms with Crippen LogP contribution in [-0.2, 0) is 41.8 Å². The maximum absolute atomic E-state index is 12.7. The summed E-state index contributed by atoms with van der Waals surface area (Å²) in [6.07, 6.45) is 39.3. The van der Waals surface area contributed by atoms with E-state index in [0.717, 1.165) is 57.8 Å². The molecule has 0 aromatic rings. The molecule has 0 saturated carbocycles. The van der Waals surface area contributed by atoms with Gasteiger partial charge in [-0.2, -0.15) is 0 Å². The Morgan fingerprint density at radius 3 is 1.78 bits per heavy atom. The van der Waals surface area contributed by atoms with Crippen molar-refractivity contribution in [3.05, 3.63) is 85.1 Å². The highest BCUT2D eigenvalue weighted by molar-refractivity contribution is 7.47. The van der Waals surface area contributed by atoms with Crippen LogP contribution in [0.15, 0.2) is 85.1 Å². The molecule has 0 spiro atoms. The fourth-order valence-corrected chi connectivity index (χ4v) is 6.65. The first-order chi connectivity index (χ1) is 30.2. The van der Waals surface area contributed by atoms with Gasteiger partial charge in [-0.3, -0.25) is 23.2 Å². The van der Waals surface area contributed by atoms with Crippen molar-refractivity contribution in [2.45, 2.75) is 167 Å². The van der Waals surface area contributed by atoms with Gasteiger partial charge in [-0.05, 0) is 64.2 Å². The van der Waals surface area contributed by atoms with E-state index in [1.807, 2.05) is 43.4 Å². The lowest BCUT2D eigenvalue weighted by Gasteiger charge is -2.20. The molecule has 0 radical (unpaired) electrons. The quantitative estimate of drug-likeness (QED) is 0.0110. The summed E-state index contributed by atoms with van der Waals surface area (Å²) < 4.78 is 47.6. The molecule has 362 valence electrons. The number of allylic oxidation sites excluding steroid dienone is 10. The van der Waals surface area contributed by atoms with E-state index >= 15 is 0 Å². The third kappa shape index (κ3) is 44.2. The summed E-state index contributed by atoms with van der Waals surface area (Å²) in [5.74, 6) is -1.23. The minimum Gasteiger partial charge on any atom is -0.462 e. The Morgan fingerprint density at radius 2 is 1.13 bits per heavy atom. The molecular formula is C46H78O15P2. The van der Waals surface area contributed by atoms with E-state index in [9.17, 15) is 38.9 Å². The van der Waals surface area contributed by atoms with E-state index in [0.29, 0.717) is 32.1 Å². The van der Waals surface area contributed by atoms with Gasteiger partial charge < -0.3 is 39.5 Å². The highest BCUT2D eigenvalue weighted by Crippen LogP contribution is 2.43. The molecule has 0 aliphatic rings. The third-order valence-corrected chi connectivity index (χ3v) is 10.4. The number of phosphoric ester groups is 2. The van der Waals surface area contributed by atoms with Gasteiger partial charge in [0.15, 0.2) is 6.10 Å². The number of hydrogen-bond acceptors (Lipinski definition) is 12. The molecule has 63 heavy (non-hydrogen) atoms. The largest absolute Gasteiger partial charge is 0.472 e. The van der Waals surface area contributed by atoms with Crippen molar-refractivity contribution in [2.75, 3.05) is 26.4 Å². The van der Waals surface area contributed by atoms with Gasteiger partial charge in [0.25, 0.3) is 0 Å². The first kappa shape index (κ1) is 60.2. The van der Waals surface area contributed by atoms with Crippen LogP contribution < -0.4 is 0 Å². The molecule has 0 amide bonds. The van der Waals surface area contributed by atoms with Crippen LogP contribution in [0, 0.1) is 0 Å². The van der Waals surface area contributed by atoms with Gasteiger partial charge in [0, 0.05) is 12.8 Å². The number of carbonyl (C=O) groups is 2. The molecule has 6 N–H and O–H groups in total. The van der Waals surface area contributed by atoms with Crippen LogP contribution in [0.1, 0.15) is 142 Å². The molecule has 1 unspecified atom stereocenters. The van der Waals surface area contributed by atoms with Crippen molar-refractivity contribution >= 4 is 27.6 Å². The van der Waals surface area contributed by atoms with Gasteiger partial charge in [-0.15, -0.1) is 0 Å². The summed E-state index contributed by atoms with van der Waals surface area (Å²) in [4.78, 5) is 52.7. The van der Waals surface area contributed by atoms with Crippen LogP contribution in [0.3, 0.4) is 0 Å². The summed E-state index contributed by atoms with van der Waals surface area (Å²) in [5, 5.41) is 29.8. The lowest BCUT2D eigenvalue weighted by atomic mass is 10.1. The van der Waals surface area contributed by atoms with Crippen LogP contribution >= 0.6 is 15.6 Å². The number of ether oxygens (including phenoxy) is 2. The Hall–Kier alpha value is -2.78. The third-order valence-electron chi connectivity index (χ3n) is 8.93. The molecule has 0 bridgehead atoms. The summed E-state index contributed by atoms with van der Waals surface area (Å²) in [6.45, 7) is 1.33. The smallest absolute Gasteiger partial charge is 0.462 e. The van der Waals surface area contributed by atoms with Crippen LogP contribution in [0.4, 0.5) is 0 Å². The van der Waals surface area contributed by atoms with Gasteiger partial charge in [-0.1, -0.05) is 150 Å². The van der Waals surface area contributed by atoms with E-state index < -0.39 is 78.4 Å². The number of esters is 2. The second-order valence-electron chi connectivity index (χ2n) is 15.0. The Labute approximate surface area is 376 Å². The van der Waals surface area contributed by atoms with Crippen molar-refractivity contribution in [1.82, 2.24) is 0 Å². The summed E-state index contributed by atoms with van der Waals surface area (Å²) >= 11 is 0. The van der Waals surface area contributed by atoms with Gasteiger partial charge in [0.1, 0.15) is 12.7 Å². The summed E-state index contributed by atoms with van der Waals surface area (Å²) in [5.41, 5.74) is 0. The van der Waals surface area contributed by atoms with Crippen molar-refractivity contribution < 1.29 is 71.8 Å². The van der Waals surface area contributed by atoms with E-state index in [1.54, 1.807) is 36.5 Å². The maximum Gasteiger partial charge on any atom is 0.472 e. The number of phosphoric acid groups is 2. The zero-order valence-corrected chi connectivity index (χ0v) is 39.4. The molecule has 15 nitrogen and oxygen atoms in total. The molecule has 0 aliphatic carbocycles. The zero-order chi connectivity index (χ0) is 46.9. The lowest BCUT2D eigenvalue weighted by molar-refractivity contribution is -0.161. The number of rotatable bonds is 41. The number of hydrogen-bond donors (Lipinski definition) is 6. The molecule has 0 heterocycles. The van der Waals surface area contributed by atoms with Crippen molar-refractivity contribution in [3.8, 4) is 0 Å². The van der Waals surface area contributed by atoms with Crippen molar-refractivity contribution in [2.24, 2.45) is 0 Å². The van der Waals surface area contributed by atoms with Gasteiger partial charge in [0.2, 0.25) is 0 Å². The Bertz CT molecular complexity index is 1470. The predicted octanol–water partition coefficient (Wildman–Crippen LogP) is 9.50. The Kier molecular flexibility index (Phi) is 38.9. The SMILES string of the molecule is CC/C=C\C[C@@H](O)/C=C/C=C\C/C=C\C=C\[C@@H](O)/C=C\CCCC(=O)OC[C@H](COP(=O)(O)OC[C@@H](O)COP(=O)(O)O)OC(=O)CCCCCCCCC/C=C\CCCCCC. The molecule has 0 aromatic heterocycles. The minimum atomic E-state index is -4.89. The first-order valence-corrected chi connectivity index (χ1v) is 25.5. The molecule has 5 atom stereocenters. The molecule has 17 heteroatoms. The van der Waals surface area contributed by atoms with E-state index in [-0.39, 0.29) is 12.8 Å². The normalized spacial score (nSPS) is 15.7. The molecule has 0 saturated heterocycles. The van der Waals surface area contributed by atoms with Gasteiger partial charge in [0.05, 0.1) is 32.0 Å². The highest BCUT2D eigenvalue weighted by Gasteiger charge is 2.28. The van der Waals surface area contributed by atoms with E-state index in [4.69, 9.17) is 23.8 Å². The van der Waals surface area contributed by atoms with E-state index in [1.165, 1.54) is 25.7 Å². The number of aliphatic hydroxyl groups is 3. The van der Waals surface area contributed by atoms with E-state index in [2.05, 4.69) is 28.1 Å². The van der Waals surface area contributed by atoms with Gasteiger partial charge >= 0.3 is 27.6 Å².